The van der Waals surface area contributed by atoms with Gasteiger partial charge in [0.05, 0.1) is 17.6 Å². The standard InChI is InChI=1S/C17H18FNO3S/c1-13-5-2-3-8-17(13)23(20,21)19-10-16(11-19)22-12-14-6-4-7-15(18)9-14/h2-9,16H,10-12H2,1H3. The van der Waals surface area contributed by atoms with Crippen LogP contribution in [0, 0.1) is 12.7 Å². The van der Waals surface area contributed by atoms with Gasteiger partial charge in [-0.3, -0.25) is 0 Å². The molecule has 0 aliphatic carbocycles. The van der Waals surface area contributed by atoms with Crippen LogP contribution in [0.2, 0.25) is 0 Å². The Bertz CT molecular complexity index is 801. The van der Waals surface area contributed by atoms with Crippen molar-refractivity contribution in [3.63, 3.8) is 0 Å². The summed E-state index contributed by atoms with van der Waals surface area (Å²) in [4.78, 5) is 0.337. The lowest BCUT2D eigenvalue weighted by molar-refractivity contribution is -0.0296. The van der Waals surface area contributed by atoms with E-state index < -0.39 is 10.0 Å². The van der Waals surface area contributed by atoms with Crippen molar-refractivity contribution < 1.29 is 17.5 Å². The number of nitrogens with zero attached hydrogens (tertiary/aromatic N) is 1. The molecule has 4 nitrogen and oxygen atoms in total. The van der Waals surface area contributed by atoms with Crippen LogP contribution in [0.25, 0.3) is 0 Å². The van der Waals surface area contributed by atoms with E-state index in [-0.39, 0.29) is 18.5 Å². The lowest BCUT2D eigenvalue weighted by Gasteiger charge is -2.38. The summed E-state index contributed by atoms with van der Waals surface area (Å²) in [5.74, 6) is -0.302. The SMILES string of the molecule is Cc1ccccc1S(=O)(=O)N1CC(OCc2cccc(F)c2)C1. The highest BCUT2D eigenvalue weighted by molar-refractivity contribution is 7.89. The molecular formula is C17H18FNO3S. The Balaban J connectivity index is 1.58. The number of ether oxygens (including phenoxy) is 1. The van der Waals surface area contributed by atoms with Crippen molar-refractivity contribution in [2.45, 2.75) is 24.5 Å². The minimum Gasteiger partial charge on any atom is -0.371 e. The maximum Gasteiger partial charge on any atom is 0.243 e. The van der Waals surface area contributed by atoms with Crippen molar-refractivity contribution in [3.8, 4) is 0 Å². The zero-order valence-corrected chi connectivity index (χ0v) is 13.6. The Morgan fingerprint density at radius 2 is 1.91 bits per heavy atom. The van der Waals surface area contributed by atoms with E-state index in [1.165, 1.54) is 16.4 Å². The maximum atomic E-state index is 13.1. The van der Waals surface area contributed by atoms with E-state index in [4.69, 9.17) is 4.74 Å². The largest absolute Gasteiger partial charge is 0.371 e. The van der Waals surface area contributed by atoms with Gasteiger partial charge in [0.25, 0.3) is 0 Å². The van der Waals surface area contributed by atoms with E-state index in [1.54, 1.807) is 37.3 Å². The molecule has 0 spiro atoms. The molecule has 1 fully saturated rings. The number of hydrogen-bond acceptors (Lipinski definition) is 3. The van der Waals surface area contributed by atoms with Crippen molar-refractivity contribution >= 4 is 10.0 Å². The molecule has 1 aliphatic heterocycles. The highest BCUT2D eigenvalue weighted by Crippen LogP contribution is 2.25. The first kappa shape index (κ1) is 16.1. The van der Waals surface area contributed by atoms with Crippen LogP contribution in [0.3, 0.4) is 0 Å². The summed E-state index contributed by atoms with van der Waals surface area (Å²) < 4.78 is 45.2. The number of halogens is 1. The van der Waals surface area contributed by atoms with E-state index in [9.17, 15) is 12.8 Å². The topological polar surface area (TPSA) is 46.6 Å². The number of rotatable bonds is 5. The fourth-order valence-electron chi connectivity index (χ4n) is 2.53. The van der Waals surface area contributed by atoms with E-state index in [2.05, 4.69) is 0 Å². The summed E-state index contributed by atoms with van der Waals surface area (Å²) in [7, 11) is -3.46. The Labute approximate surface area is 135 Å². The van der Waals surface area contributed by atoms with Crippen LogP contribution in [0.1, 0.15) is 11.1 Å². The Morgan fingerprint density at radius 3 is 2.61 bits per heavy atom. The molecule has 0 amide bonds. The van der Waals surface area contributed by atoms with Gasteiger partial charge in [0.2, 0.25) is 10.0 Å². The predicted molar refractivity (Wildman–Crippen MR) is 84.9 cm³/mol. The van der Waals surface area contributed by atoms with Gasteiger partial charge in [-0.25, -0.2) is 12.8 Å². The summed E-state index contributed by atoms with van der Waals surface area (Å²) >= 11 is 0. The molecule has 0 atom stereocenters. The second kappa shape index (κ2) is 6.39. The van der Waals surface area contributed by atoms with E-state index in [0.717, 1.165) is 11.1 Å². The second-order valence-electron chi connectivity index (χ2n) is 5.65. The molecule has 1 heterocycles. The Morgan fingerprint density at radius 1 is 1.17 bits per heavy atom. The van der Waals surface area contributed by atoms with Crippen LogP contribution in [0.5, 0.6) is 0 Å². The monoisotopic (exact) mass is 335 g/mol. The quantitative estimate of drug-likeness (QED) is 0.844. The molecule has 23 heavy (non-hydrogen) atoms. The third-order valence-electron chi connectivity index (χ3n) is 3.90. The van der Waals surface area contributed by atoms with Gasteiger partial charge < -0.3 is 4.74 Å². The van der Waals surface area contributed by atoms with Gasteiger partial charge in [0.15, 0.2) is 0 Å². The summed E-state index contributed by atoms with van der Waals surface area (Å²) in [6.45, 7) is 2.71. The number of benzene rings is 2. The zero-order chi connectivity index (χ0) is 16.4. The summed E-state index contributed by atoms with van der Waals surface area (Å²) in [6.07, 6.45) is -0.155. The summed E-state index contributed by atoms with van der Waals surface area (Å²) in [6, 6.07) is 13.1. The third-order valence-corrected chi connectivity index (χ3v) is 5.89. The highest BCUT2D eigenvalue weighted by Gasteiger charge is 2.37. The first-order chi connectivity index (χ1) is 11.0. The smallest absolute Gasteiger partial charge is 0.243 e. The van der Waals surface area contributed by atoms with Crippen LogP contribution in [0.4, 0.5) is 4.39 Å². The van der Waals surface area contributed by atoms with Gasteiger partial charge >= 0.3 is 0 Å². The number of aryl methyl sites for hydroxylation is 1. The van der Waals surface area contributed by atoms with Gasteiger partial charge in [0, 0.05) is 13.1 Å². The first-order valence-corrected chi connectivity index (χ1v) is 8.82. The molecule has 1 aliphatic rings. The summed E-state index contributed by atoms with van der Waals surface area (Å²) in [5.41, 5.74) is 1.47. The van der Waals surface area contributed by atoms with Crippen molar-refractivity contribution in [2.24, 2.45) is 0 Å². The third kappa shape index (κ3) is 3.44. The molecule has 0 aromatic heterocycles. The van der Waals surface area contributed by atoms with Gasteiger partial charge in [-0.05, 0) is 36.2 Å². The van der Waals surface area contributed by atoms with Crippen LogP contribution < -0.4 is 0 Å². The van der Waals surface area contributed by atoms with E-state index >= 15 is 0 Å². The molecular weight excluding hydrogens is 317 g/mol. The van der Waals surface area contributed by atoms with Crippen LogP contribution >= 0.6 is 0 Å². The first-order valence-electron chi connectivity index (χ1n) is 7.38. The molecule has 0 unspecified atom stereocenters. The molecule has 1 saturated heterocycles. The molecule has 6 heteroatoms. The summed E-state index contributed by atoms with van der Waals surface area (Å²) in [5, 5.41) is 0. The van der Waals surface area contributed by atoms with Gasteiger partial charge in [-0.1, -0.05) is 30.3 Å². The molecule has 0 N–H and O–H groups in total. The molecule has 2 aromatic rings. The van der Waals surface area contributed by atoms with E-state index in [0.29, 0.717) is 18.0 Å². The average Bonchev–Trinajstić information content (AvgIpc) is 2.45. The second-order valence-corrected chi connectivity index (χ2v) is 7.56. The molecule has 0 bridgehead atoms. The Hall–Kier alpha value is -1.76. The minimum absolute atomic E-state index is 0.155. The molecule has 0 radical (unpaired) electrons. The van der Waals surface area contributed by atoms with Crippen molar-refractivity contribution in [2.75, 3.05) is 13.1 Å². The van der Waals surface area contributed by atoms with Gasteiger partial charge in [0.1, 0.15) is 5.82 Å². The number of sulfonamides is 1. The maximum absolute atomic E-state index is 13.1. The molecule has 122 valence electrons. The van der Waals surface area contributed by atoms with Crippen LogP contribution in [0.15, 0.2) is 53.4 Å². The normalized spacial score (nSPS) is 16.3. The van der Waals surface area contributed by atoms with Crippen molar-refractivity contribution in [1.29, 1.82) is 0 Å². The van der Waals surface area contributed by atoms with Gasteiger partial charge in [-0.15, -0.1) is 0 Å². The lowest BCUT2D eigenvalue weighted by atomic mass is 10.2. The average molecular weight is 335 g/mol. The predicted octanol–water partition coefficient (Wildman–Crippen LogP) is 2.72. The fraction of sp³-hybridized carbons (Fsp3) is 0.294. The van der Waals surface area contributed by atoms with Crippen molar-refractivity contribution in [3.05, 3.63) is 65.5 Å². The Kier molecular flexibility index (Phi) is 4.48. The zero-order valence-electron chi connectivity index (χ0n) is 12.8. The number of hydrogen-bond donors (Lipinski definition) is 0. The van der Waals surface area contributed by atoms with Crippen LogP contribution in [-0.4, -0.2) is 31.9 Å². The molecule has 3 rings (SSSR count). The van der Waals surface area contributed by atoms with E-state index in [1.807, 2.05) is 6.07 Å². The highest BCUT2D eigenvalue weighted by atomic mass is 32.2. The molecule has 0 saturated carbocycles. The van der Waals surface area contributed by atoms with Crippen LogP contribution in [-0.2, 0) is 21.4 Å². The molecule has 2 aromatic carbocycles. The lowest BCUT2D eigenvalue weighted by Crippen LogP contribution is -2.54. The van der Waals surface area contributed by atoms with Crippen molar-refractivity contribution in [1.82, 2.24) is 4.31 Å². The van der Waals surface area contributed by atoms with Gasteiger partial charge in [-0.2, -0.15) is 4.31 Å². The minimum atomic E-state index is -3.46. The fourth-order valence-corrected chi connectivity index (χ4v) is 4.26.